The number of aliphatic hydroxyl groups is 1. The van der Waals surface area contributed by atoms with E-state index in [-0.39, 0.29) is 23.6 Å². The number of hydrogen-bond donors (Lipinski definition) is 1. The zero-order chi connectivity index (χ0) is 25.7. The van der Waals surface area contributed by atoms with Crippen LogP contribution < -0.4 is 4.74 Å². The summed E-state index contributed by atoms with van der Waals surface area (Å²) in [5.74, 6) is -1.42. The Bertz CT molecular complexity index is 1300. The van der Waals surface area contributed by atoms with Crippen LogP contribution in [0.2, 0.25) is 0 Å². The molecule has 1 fully saturated rings. The molecule has 9 heteroatoms. The Morgan fingerprint density at radius 2 is 1.92 bits per heavy atom. The number of likely N-dealkylation sites (tertiary alicyclic amines) is 1. The lowest BCUT2D eigenvalue weighted by Gasteiger charge is -2.25. The number of nitro groups is 1. The van der Waals surface area contributed by atoms with Gasteiger partial charge in [-0.3, -0.25) is 24.7 Å². The van der Waals surface area contributed by atoms with Gasteiger partial charge in [0.05, 0.1) is 23.1 Å². The Balaban J connectivity index is 1.79. The van der Waals surface area contributed by atoms with Gasteiger partial charge >= 0.3 is 0 Å². The van der Waals surface area contributed by atoms with Crippen LogP contribution in [0.25, 0.3) is 5.76 Å². The van der Waals surface area contributed by atoms with Gasteiger partial charge in [-0.05, 0) is 47.9 Å². The lowest BCUT2D eigenvalue weighted by Crippen LogP contribution is -2.29. The highest BCUT2D eigenvalue weighted by Gasteiger charge is 2.46. The van der Waals surface area contributed by atoms with E-state index in [0.29, 0.717) is 29.0 Å². The van der Waals surface area contributed by atoms with Crippen molar-refractivity contribution in [1.82, 2.24) is 9.88 Å². The van der Waals surface area contributed by atoms with Crippen LogP contribution in [0.5, 0.6) is 5.75 Å². The van der Waals surface area contributed by atoms with Gasteiger partial charge in [0.2, 0.25) is 0 Å². The minimum atomic E-state index is -0.948. The quantitative estimate of drug-likeness (QED) is 0.115. The summed E-state index contributed by atoms with van der Waals surface area (Å²) < 4.78 is 5.73. The van der Waals surface area contributed by atoms with Gasteiger partial charge in [0.1, 0.15) is 11.5 Å². The van der Waals surface area contributed by atoms with Gasteiger partial charge in [-0.2, -0.15) is 0 Å². The fourth-order valence-corrected chi connectivity index (χ4v) is 4.08. The number of ketones is 1. The van der Waals surface area contributed by atoms with E-state index in [1.54, 1.807) is 48.8 Å². The van der Waals surface area contributed by atoms with E-state index in [0.717, 1.165) is 12.8 Å². The molecule has 1 saturated heterocycles. The van der Waals surface area contributed by atoms with Gasteiger partial charge in [-0.25, -0.2) is 0 Å². The summed E-state index contributed by atoms with van der Waals surface area (Å²) in [6.45, 7) is 2.63. The predicted molar refractivity (Wildman–Crippen MR) is 132 cm³/mol. The van der Waals surface area contributed by atoms with E-state index in [2.05, 4.69) is 4.98 Å². The molecule has 3 aromatic rings. The monoisotopic (exact) mass is 487 g/mol. The number of carbonyl (C=O) groups excluding carboxylic acids is 2. The number of carbonyl (C=O) groups is 2. The normalized spacial score (nSPS) is 16.8. The van der Waals surface area contributed by atoms with Crippen LogP contribution in [0.1, 0.15) is 42.5 Å². The Morgan fingerprint density at radius 3 is 2.58 bits per heavy atom. The van der Waals surface area contributed by atoms with Gasteiger partial charge in [0.15, 0.2) is 0 Å². The second kappa shape index (κ2) is 10.8. The van der Waals surface area contributed by atoms with Gasteiger partial charge in [-0.15, -0.1) is 0 Å². The zero-order valence-electron chi connectivity index (χ0n) is 19.7. The minimum Gasteiger partial charge on any atom is -0.507 e. The zero-order valence-corrected chi connectivity index (χ0v) is 19.7. The number of ether oxygens (including phenoxy) is 1. The number of amides is 1. The first kappa shape index (κ1) is 24.6. The first-order chi connectivity index (χ1) is 17.4. The molecule has 9 nitrogen and oxygen atoms in total. The summed E-state index contributed by atoms with van der Waals surface area (Å²) >= 11 is 0. The van der Waals surface area contributed by atoms with Crippen LogP contribution in [0, 0.1) is 10.1 Å². The van der Waals surface area contributed by atoms with Gasteiger partial charge < -0.3 is 14.7 Å². The van der Waals surface area contributed by atoms with Crippen molar-refractivity contribution in [3.63, 3.8) is 0 Å². The number of pyridine rings is 1. The number of nitrogens with zero attached hydrogens (tertiary/aromatic N) is 3. The average molecular weight is 488 g/mol. The Morgan fingerprint density at radius 1 is 1.14 bits per heavy atom. The molecule has 184 valence electrons. The molecule has 1 N–H and O–H groups in total. The van der Waals surface area contributed by atoms with E-state index >= 15 is 0 Å². The summed E-state index contributed by atoms with van der Waals surface area (Å²) in [6.07, 6.45) is 5.02. The van der Waals surface area contributed by atoms with Gasteiger partial charge in [0.25, 0.3) is 17.4 Å². The lowest BCUT2D eigenvalue weighted by molar-refractivity contribution is -0.384. The molecule has 2 aromatic carbocycles. The predicted octanol–water partition coefficient (Wildman–Crippen LogP) is 4.79. The Kier molecular flexibility index (Phi) is 7.39. The van der Waals surface area contributed by atoms with Crippen molar-refractivity contribution in [2.45, 2.75) is 32.4 Å². The third-order valence-electron chi connectivity index (χ3n) is 5.91. The topological polar surface area (TPSA) is 123 Å². The Labute approximate surface area is 207 Å². The highest BCUT2D eigenvalue weighted by Crippen LogP contribution is 2.41. The molecule has 1 aromatic heterocycles. The maximum Gasteiger partial charge on any atom is 0.295 e. The van der Waals surface area contributed by atoms with Gasteiger partial charge in [0, 0.05) is 36.6 Å². The van der Waals surface area contributed by atoms with Crippen molar-refractivity contribution in [1.29, 1.82) is 0 Å². The smallest absolute Gasteiger partial charge is 0.295 e. The summed E-state index contributed by atoms with van der Waals surface area (Å²) in [5, 5.41) is 22.4. The summed E-state index contributed by atoms with van der Waals surface area (Å²) in [5.41, 5.74) is 1.26. The molecule has 0 aliphatic carbocycles. The molecule has 4 rings (SSSR count). The number of benzene rings is 2. The highest BCUT2D eigenvalue weighted by molar-refractivity contribution is 6.46. The molecule has 2 heterocycles. The third kappa shape index (κ3) is 5.10. The Hall–Kier alpha value is -4.53. The third-order valence-corrected chi connectivity index (χ3v) is 5.91. The SMILES string of the molecule is CCCCOc1cccc(C(O)=C2C(=O)C(=O)N(Cc3cccnc3)C2c2ccc([N+](=O)[O-])cc2)c1. The number of aromatic nitrogens is 1. The van der Waals surface area contributed by atoms with E-state index in [1.165, 1.54) is 29.2 Å². The highest BCUT2D eigenvalue weighted by atomic mass is 16.6. The van der Waals surface area contributed by atoms with Gasteiger partial charge in [-0.1, -0.05) is 31.5 Å². The van der Waals surface area contributed by atoms with E-state index in [4.69, 9.17) is 4.74 Å². The van der Waals surface area contributed by atoms with Crippen LogP contribution >= 0.6 is 0 Å². The molecular formula is C27H25N3O6. The largest absolute Gasteiger partial charge is 0.507 e. The van der Waals surface area contributed by atoms with Crippen molar-refractivity contribution in [2.24, 2.45) is 0 Å². The van der Waals surface area contributed by atoms with Crippen LogP contribution in [0.4, 0.5) is 5.69 Å². The van der Waals surface area contributed by atoms with Crippen molar-refractivity contribution in [2.75, 3.05) is 6.61 Å². The van der Waals surface area contributed by atoms with Crippen molar-refractivity contribution in [3.05, 3.63) is 105 Å². The maximum atomic E-state index is 13.2. The van der Waals surface area contributed by atoms with Crippen molar-refractivity contribution >= 4 is 23.1 Å². The van der Waals surface area contributed by atoms with Crippen LogP contribution in [-0.2, 0) is 16.1 Å². The standard InChI is InChI=1S/C27H25N3O6/c1-2-3-14-36-22-8-4-7-20(15-22)25(31)23-24(19-9-11-21(12-10-19)30(34)35)29(27(33)26(23)32)17-18-6-5-13-28-16-18/h4-13,15-16,24,31H,2-3,14,17H2,1H3. The molecule has 1 atom stereocenters. The second-order valence-electron chi connectivity index (χ2n) is 8.37. The molecule has 0 radical (unpaired) electrons. The molecule has 0 bridgehead atoms. The van der Waals surface area contributed by atoms with E-state index < -0.39 is 22.7 Å². The number of aliphatic hydroxyl groups excluding tert-OH is 1. The molecule has 0 spiro atoms. The number of hydrogen-bond acceptors (Lipinski definition) is 7. The first-order valence-electron chi connectivity index (χ1n) is 11.6. The van der Waals surface area contributed by atoms with Crippen LogP contribution in [-0.4, -0.2) is 38.2 Å². The fourth-order valence-electron chi connectivity index (χ4n) is 4.08. The summed E-state index contributed by atoms with van der Waals surface area (Å²) in [6, 6.07) is 14.8. The number of non-ortho nitro benzene ring substituents is 1. The molecule has 1 aliphatic heterocycles. The number of unbranched alkanes of at least 4 members (excludes halogenated alkanes) is 1. The van der Waals surface area contributed by atoms with Crippen molar-refractivity contribution < 1.29 is 24.4 Å². The van der Waals surface area contributed by atoms with E-state index in [9.17, 15) is 24.8 Å². The maximum absolute atomic E-state index is 13.2. The second-order valence-corrected chi connectivity index (χ2v) is 8.37. The van der Waals surface area contributed by atoms with Crippen LogP contribution in [0.15, 0.2) is 78.6 Å². The number of nitro benzene ring substituents is 1. The molecule has 1 aliphatic rings. The average Bonchev–Trinajstić information content (AvgIpc) is 3.14. The minimum absolute atomic E-state index is 0.0665. The number of Topliss-reactive ketones (excluding diaryl/α,β-unsaturated/α-hetero) is 1. The molecule has 1 amide bonds. The molecule has 0 saturated carbocycles. The van der Waals surface area contributed by atoms with E-state index in [1.807, 2.05) is 6.92 Å². The number of rotatable bonds is 9. The molecule has 1 unspecified atom stereocenters. The summed E-state index contributed by atoms with van der Waals surface area (Å²) in [7, 11) is 0. The van der Waals surface area contributed by atoms with Crippen LogP contribution in [0.3, 0.4) is 0 Å². The molecular weight excluding hydrogens is 462 g/mol. The lowest BCUT2D eigenvalue weighted by atomic mass is 9.95. The first-order valence-corrected chi connectivity index (χ1v) is 11.6. The molecule has 36 heavy (non-hydrogen) atoms. The fraction of sp³-hybridized carbons (Fsp3) is 0.222. The van der Waals surface area contributed by atoms with Crippen molar-refractivity contribution in [3.8, 4) is 5.75 Å². The summed E-state index contributed by atoms with van der Waals surface area (Å²) in [4.78, 5) is 42.4.